The highest BCUT2D eigenvalue weighted by Gasteiger charge is 2.23. The molecule has 1 unspecified atom stereocenters. The summed E-state index contributed by atoms with van der Waals surface area (Å²) in [5.74, 6) is 0. The molecule has 0 radical (unpaired) electrons. The summed E-state index contributed by atoms with van der Waals surface area (Å²) >= 11 is 0. The van der Waals surface area contributed by atoms with E-state index < -0.39 is 5.60 Å². The second-order valence-electron chi connectivity index (χ2n) is 6.07. The van der Waals surface area contributed by atoms with Gasteiger partial charge in [-0.05, 0) is 53.1 Å². The van der Waals surface area contributed by atoms with Crippen molar-refractivity contribution in [2.45, 2.75) is 52.2 Å². The maximum Gasteiger partial charge on any atom is 0.0880 e. The zero-order valence-corrected chi connectivity index (χ0v) is 11.7. The molecule has 0 saturated carbocycles. The van der Waals surface area contributed by atoms with Crippen LogP contribution in [0.3, 0.4) is 0 Å². The number of hydrogen-bond donors (Lipinski definition) is 2. The summed E-state index contributed by atoms with van der Waals surface area (Å²) in [5, 5.41) is 13.9. The molecule has 0 bridgehead atoms. The highest BCUT2D eigenvalue weighted by molar-refractivity contribution is 5.26. The molecule has 1 rings (SSSR count). The van der Waals surface area contributed by atoms with Crippen molar-refractivity contribution in [2.75, 3.05) is 6.54 Å². The molecule has 96 valence electrons. The van der Waals surface area contributed by atoms with E-state index in [0.29, 0.717) is 6.42 Å². The van der Waals surface area contributed by atoms with Gasteiger partial charge in [0, 0.05) is 5.54 Å². The SMILES string of the molecule is Cc1cccc(C(C)(O)CCNC(C)(C)C)c1. The first-order valence-corrected chi connectivity index (χ1v) is 6.25. The third-order valence-electron chi connectivity index (χ3n) is 2.91. The van der Waals surface area contributed by atoms with Crippen LogP contribution in [-0.4, -0.2) is 17.2 Å². The van der Waals surface area contributed by atoms with Gasteiger partial charge in [0.2, 0.25) is 0 Å². The largest absolute Gasteiger partial charge is 0.385 e. The highest BCUT2D eigenvalue weighted by atomic mass is 16.3. The Hall–Kier alpha value is -0.860. The number of rotatable bonds is 4. The zero-order valence-electron chi connectivity index (χ0n) is 11.7. The molecule has 1 aromatic rings. The van der Waals surface area contributed by atoms with E-state index in [-0.39, 0.29) is 5.54 Å². The van der Waals surface area contributed by atoms with Crippen molar-refractivity contribution in [1.29, 1.82) is 0 Å². The number of hydrogen-bond acceptors (Lipinski definition) is 2. The molecular formula is C15H25NO. The third-order valence-corrected chi connectivity index (χ3v) is 2.91. The van der Waals surface area contributed by atoms with Crippen molar-refractivity contribution >= 4 is 0 Å². The van der Waals surface area contributed by atoms with Crippen LogP contribution in [0.25, 0.3) is 0 Å². The van der Waals surface area contributed by atoms with Gasteiger partial charge < -0.3 is 10.4 Å². The fraction of sp³-hybridized carbons (Fsp3) is 0.600. The summed E-state index contributed by atoms with van der Waals surface area (Å²) in [4.78, 5) is 0. The maximum absolute atomic E-state index is 10.5. The molecule has 1 atom stereocenters. The molecule has 2 nitrogen and oxygen atoms in total. The Morgan fingerprint density at radius 3 is 2.35 bits per heavy atom. The van der Waals surface area contributed by atoms with Crippen molar-refractivity contribution in [1.82, 2.24) is 5.32 Å². The van der Waals surface area contributed by atoms with E-state index in [1.54, 1.807) is 0 Å². The normalized spacial score (nSPS) is 15.6. The minimum atomic E-state index is -0.760. The highest BCUT2D eigenvalue weighted by Crippen LogP contribution is 2.24. The van der Waals surface area contributed by atoms with Crippen molar-refractivity contribution in [3.63, 3.8) is 0 Å². The van der Waals surface area contributed by atoms with Gasteiger partial charge in [0.05, 0.1) is 5.60 Å². The Balaban J connectivity index is 2.62. The molecule has 2 heteroatoms. The lowest BCUT2D eigenvalue weighted by molar-refractivity contribution is 0.0463. The summed E-state index contributed by atoms with van der Waals surface area (Å²) in [5.41, 5.74) is 1.52. The first-order valence-electron chi connectivity index (χ1n) is 6.25. The smallest absolute Gasteiger partial charge is 0.0880 e. The van der Waals surface area contributed by atoms with E-state index in [2.05, 4.69) is 32.2 Å². The molecule has 2 N–H and O–H groups in total. The minimum absolute atomic E-state index is 0.0999. The van der Waals surface area contributed by atoms with Gasteiger partial charge in [-0.15, -0.1) is 0 Å². The van der Waals surface area contributed by atoms with Crippen LogP contribution >= 0.6 is 0 Å². The van der Waals surface area contributed by atoms with Crippen LogP contribution in [0.5, 0.6) is 0 Å². The molecule has 0 amide bonds. The van der Waals surface area contributed by atoms with Crippen LogP contribution in [0.1, 0.15) is 45.2 Å². The fourth-order valence-corrected chi connectivity index (χ4v) is 1.81. The second-order valence-corrected chi connectivity index (χ2v) is 6.07. The van der Waals surface area contributed by atoms with E-state index in [1.807, 2.05) is 32.0 Å². The van der Waals surface area contributed by atoms with Crippen LogP contribution in [0.4, 0.5) is 0 Å². The molecule has 17 heavy (non-hydrogen) atoms. The number of aliphatic hydroxyl groups is 1. The van der Waals surface area contributed by atoms with Gasteiger partial charge in [-0.2, -0.15) is 0 Å². The number of nitrogens with one attached hydrogen (secondary N) is 1. The van der Waals surface area contributed by atoms with Gasteiger partial charge in [0.1, 0.15) is 0 Å². The Morgan fingerprint density at radius 2 is 1.82 bits per heavy atom. The summed E-state index contributed by atoms with van der Waals surface area (Å²) in [6, 6.07) is 8.09. The first kappa shape index (κ1) is 14.2. The molecule has 0 saturated heterocycles. The predicted molar refractivity (Wildman–Crippen MR) is 73.1 cm³/mol. The van der Waals surface area contributed by atoms with Crippen LogP contribution in [0.15, 0.2) is 24.3 Å². The fourth-order valence-electron chi connectivity index (χ4n) is 1.81. The molecule has 0 spiro atoms. The van der Waals surface area contributed by atoms with Crippen LogP contribution in [-0.2, 0) is 5.60 Å². The summed E-state index contributed by atoms with van der Waals surface area (Å²) < 4.78 is 0. The Kier molecular flexibility index (Phi) is 4.34. The Bertz CT molecular complexity index is 363. The molecule has 0 aliphatic rings. The summed E-state index contributed by atoms with van der Waals surface area (Å²) in [6.07, 6.45) is 0.716. The molecule has 0 fully saturated rings. The van der Waals surface area contributed by atoms with E-state index in [4.69, 9.17) is 0 Å². The lowest BCUT2D eigenvalue weighted by Crippen LogP contribution is -2.39. The van der Waals surface area contributed by atoms with Gasteiger partial charge in [0.15, 0.2) is 0 Å². The van der Waals surface area contributed by atoms with E-state index >= 15 is 0 Å². The predicted octanol–water partition coefficient (Wildman–Crippen LogP) is 2.98. The van der Waals surface area contributed by atoms with Gasteiger partial charge in [-0.1, -0.05) is 29.8 Å². The summed E-state index contributed by atoms with van der Waals surface area (Å²) in [7, 11) is 0. The minimum Gasteiger partial charge on any atom is -0.385 e. The van der Waals surface area contributed by atoms with Crippen LogP contribution in [0.2, 0.25) is 0 Å². The average molecular weight is 235 g/mol. The number of aryl methyl sites for hydroxylation is 1. The molecule has 0 heterocycles. The molecule has 0 aliphatic heterocycles. The Morgan fingerprint density at radius 1 is 1.18 bits per heavy atom. The zero-order chi connectivity index (χ0) is 13.1. The van der Waals surface area contributed by atoms with Gasteiger partial charge in [0.25, 0.3) is 0 Å². The topological polar surface area (TPSA) is 32.3 Å². The third kappa shape index (κ3) is 4.88. The molecular weight excluding hydrogens is 210 g/mol. The van der Waals surface area contributed by atoms with Crippen LogP contribution < -0.4 is 5.32 Å². The Labute approximate surface area is 105 Å². The van der Waals surface area contributed by atoms with E-state index in [0.717, 1.165) is 12.1 Å². The van der Waals surface area contributed by atoms with Crippen molar-refractivity contribution in [2.24, 2.45) is 0 Å². The molecule has 1 aromatic carbocycles. The van der Waals surface area contributed by atoms with Gasteiger partial charge >= 0.3 is 0 Å². The van der Waals surface area contributed by atoms with Crippen molar-refractivity contribution in [3.8, 4) is 0 Å². The van der Waals surface area contributed by atoms with Gasteiger partial charge in [-0.3, -0.25) is 0 Å². The second kappa shape index (κ2) is 5.19. The van der Waals surface area contributed by atoms with Gasteiger partial charge in [-0.25, -0.2) is 0 Å². The van der Waals surface area contributed by atoms with Crippen molar-refractivity contribution in [3.05, 3.63) is 35.4 Å². The van der Waals surface area contributed by atoms with E-state index in [9.17, 15) is 5.11 Å². The van der Waals surface area contributed by atoms with Crippen molar-refractivity contribution < 1.29 is 5.11 Å². The molecule has 0 aromatic heterocycles. The average Bonchev–Trinajstić information content (AvgIpc) is 2.15. The maximum atomic E-state index is 10.5. The first-order chi connectivity index (χ1) is 7.71. The van der Waals surface area contributed by atoms with E-state index in [1.165, 1.54) is 5.56 Å². The lowest BCUT2D eigenvalue weighted by Gasteiger charge is -2.27. The standard InChI is InChI=1S/C15H25NO/c1-12-7-6-8-13(11-12)15(5,17)9-10-16-14(2,3)4/h6-8,11,16-17H,9-10H2,1-5H3. The quantitative estimate of drug-likeness (QED) is 0.841. The molecule has 0 aliphatic carbocycles. The number of benzene rings is 1. The monoisotopic (exact) mass is 235 g/mol. The van der Waals surface area contributed by atoms with Crippen LogP contribution in [0, 0.1) is 6.92 Å². The summed E-state index contributed by atoms with van der Waals surface area (Å²) in [6.45, 7) is 11.1. The lowest BCUT2D eigenvalue weighted by atomic mass is 9.91.